The number of rotatable bonds is 3. The molecule has 0 spiro atoms. The molecule has 26 heavy (non-hydrogen) atoms. The summed E-state index contributed by atoms with van der Waals surface area (Å²) in [5, 5.41) is 13.3. The fourth-order valence-corrected chi connectivity index (χ4v) is 5.26. The molecule has 0 saturated carbocycles. The van der Waals surface area contributed by atoms with Gasteiger partial charge in [-0.15, -0.1) is 0 Å². The molecule has 6 heteroatoms. The molecule has 2 aromatic rings. The number of benzene rings is 2. The zero-order valence-corrected chi connectivity index (χ0v) is 15.8. The Balaban J connectivity index is 1.85. The van der Waals surface area contributed by atoms with Crippen LogP contribution < -0.4 is 0 Å². The van der Waals surface area contributed by atoms with Crippen LogP contribution in [0.15, 0.2) is 53.5 Å². The summed E-state index contributed by atoms with van der Waals surface area (Å²) in [6.45, 7) is 1.55. The SMILES string of the molecule is OC1(C(c2ccc(F)cc2)c2ccccc2Cl)CSC2=NCCCCN21. The van der Waals surface area contributed by atoms with Crippen LogP contribution in [-0.4, -0.2) is 39.7 Å². The Morgan fingerprint density at radius 1 is 1.15 bits per heavy atom. The predicted octanol–water partition coefficient (Wildman–Crippen LogP) is 4.50. The van der Waals surface area contributed by atoms with Gasteiger partial charge in [0.2, 0.25) is 0 Å². The van der Waals surface area contributed by atoms with E-state index in [9.17, 15) is 9.50 Å². The largest absolute Gasteiger partial charge is 0.369 e. The van der Waals surface area contributed by atoms with E-state index in [4.69, 9.17) is 11.6 Å². The fourth-order valence-electron chi connectivity index (χ4n) is 3.77. The minimum atomic E-state index is -1.16. The van der Waals surface area contributed by atoms with E-state index in [1.165, 1.54) is 12.1 Å². The summed E-state index contributed by atoms with van der Waals surface area (Å²) in [6, 6.07) is 13.9. The van der Waals surface area contributed by atoms with Crippen molar-refractivity contribution < 1.29 is 9.50 Å². The van der Waals surface area contributed by atoms with E-state index in [0.717, 1.165) is 42.2 Å². The van der Waals surface area contributed by atoms with Crippen molar-refractivity contribution in [1.29, 1.82) is 0 Å². The number of hydrogen-bond donors (Lipinski definition) is 1. The second-order valence-corrected chi connectivity index (χ2v) is 8.05. The summed E-state index contributed by atoms with van der Waals surface area (Å²) in [5.74, 6) is -0.189. The fraction of sp³-hybridized carbons (Fsp3) is 0.350. The highest BCUT2D eigenvalue weighted by molar-refractivity contribution is 8.14. The zero-order chi connectivity index (χ0) is 18.1. The van der Waals surface area contributed by atoms with Crippen molar-refractivity contribution in [3.05, 3.63) is 70.5 Å². The third kappa shape index (κ3) is 3.13. The minimum Gasteiger partial charge on any atom is -0.369 e. The predicted molar refractivity (Wildman–Crippen MR) is 105 cm³/mol. The van der Waals surface area contributed by atoms with E-state index < -0.39 is 11.6 Å². The highest BCUT2D eigenvalue weighted by atomic mass is 35.5. The standard InChI is InChI=1S/C20H20ClFN2OS/c21-17-6-2-1-5-16(17)18(14-7-9-15(22)10-8-14)20(25)13-26-19-23-11-3-4-12-24(19)20/h1-2,5-10,18,25H,3-4,11-13H2. The Morgan fingerprint density at radius 3 is 2.69 bits per heavy atom. The molecule has 0 aromatic heterocycles. The van der Waals surface area contributed by atoms with Gasteiger partial charge in [0.05, 0.1) is 5.92 Å². The molecule has 2 heterocycles. The van der Waals surface area contributed by atoms with Crippen LogP contribution in [0.4, 0.5) is 4.39 Å². The topological polar surface area (TPSA) is 35.8 Å². The highest BCUT2D eigenvalue weighted by Gasteiger charge is 2.50. The van der Waals surface area contributed by atoms with Crippen LogP contribution >= 0.6 is 23.4 Å². The monoisotopic (exact) mass is 390 g/mol. The Kier molecular flexibility index (Phi) is 4.95. The lowest BCUT2D eigenvalue weighted by Gasteiger charge is -2.41. The highest BCUT2D eigenvalue weighted by Crippen LogP contribution is 2.46. The molecule has 2 aliphatic rings. The van der Waals surface area contributed by atoms with Gasteiger partial charge in [0.15, 0.2) is 10.9 Å². The smallest absolute Gasteiger partial charge is 0.161 e. The lowest BCUT2D eigenvalue weighted by Crippen LogP contribution is -2.52. The number of thioether (sulfide) groups is 1. The first kappa shape index (κ1) is 17.8. The van der Waals surface area contributed by atoms with Crippen molar-refractivity contribution >= 4 is 28.5 Å². The first-order valence-corrected chi connectivity index (χ1v) is 10.1. The Morgan fingerprint density at radius 2 is 1.92 bits per heavy atom. The van der Waals surface area contributed by atoms with Gasteiger partial charge in [-0.1, -0.05) is 53.7 Å². The Labute approximate surface area is 161 Å². The lowest BCUT2D eigenvalue weighted by atomic mass is 9.82. The van der Waals surface area contributed by atoms with Crippen molar-refractivity contribution in [1.82, 2.24) is 4.90 Å². The van der Waals surface area contributed by atoms with Gasteiger partial charge in [0.1, 0.15) is 5.82 Å². The van der Waals surface area contributed by atoms with Crippen molar-refractivity contribution in [2.75, 3.05) is 18.8 Å². The van der Waals surface area contributed by atoms with Crippen LogP contribution in [-0.2, 0) is 0 Å². The number of amidine groups is 1. The van der Waals surface area contributed by atoms with Crippen molar-refractivity contribution in [3.63, 3.8) is 0 Å². The Hall–Kier alpha value is -1.56. The van der Waals surface area contributed by atoms with E-state index in [1.54, 1.807) is 23.9 Å². The molecule has 1 N–H and O–H groups in total. The number of aliphatic imine (C=N–C) groups is 1. The maximum atomic E-state index is 13.5. The van der Waals surface area contributed by atoms with Gasteiger partial charge in [-0.25, -0.2) is 4.39 Å². The van der Waals surface area contributed by atoms with E-state index in [0.29, 0.717) is 10.8 Å². The Bertz CT molecular complexity index is 829. The van der Waals surface area contributed by atoms with E-state index >= 15 is 0 Å². The molecule has 3 nitrogen and oxygen atoms in total. The normalized spacial score (nSPS) is 24.0. The lowest BCUT2D eigenvalue weighted by molar-refractivity contribution is -0.0552. The number of aliphatic hydroxyl groups is 1. The van der Waals surface area contributed by atoms with Crippen molar-refractivity contribution in [2.24, 2.45) is 4.99 Å². The van der Waals surface area contributed by atoms with E-state index in [1.807, 2.05) is 29.2 Å². The maximum absolute atomic E-state index is 13.5. The van der Waals surface area contributed by atoms with Gasteiger partial charge < -0.3 is 10.0 Å². The van der Waals surface area contributed by atoms with Crippen molar-refractivity contribution in [2.45, 2.75) is 24.5 Å². The number of fused-ring (bicyclic) bond motifs is 1. The molecule has 136 valence electrons. The molecule has 0 bridgehead atoms. The quantitative estimate of drug-likeness (QED) is 0.838. The molecule has 1 saturated heterocycles. The average molecular weight is 391 g/mol. The average Bonchev–Trinajstić information content (AvgIpc) is 2.82. The third-order valence-electron chi connectivity index (χ3n) is 5.03. The molecule has 0 aliphatic carbocycles. The summed E-state index contributed by atoms with van der Waals surface area (Å²) in [4.78, 5) is 6.66. The van der Waals surface area contributed by atoms with Crippen LogP contribution in [0.1, 0.15) is 29.9 Å². The number of hydrogen-bond acceptors (Lipinski definition) is 4. The number of nitrogens with zero attached hydrogens (tertiary/aromatic N) is 2. The van der Waals surface area contributed by atoms with Crippen LogP contribution in [0.5, 0.6) is 0 Å². The first-order chi connectivity index (χ1) is 12.6. The van der Waals surface area contributed by atoms with Crippen LogP contribution in [0.25, 0.3) is 0 Å². The molecular formula is C20H20ClFN2OS. The summed E-state index contributed by atoms with van der Waals surface area (Å²) in [7, 11) is 0. The maximum Gasteiger partial charge on any atom is 0.161 e. The van der Waals surface area contributed by atoms with E-state index in [2.05, 4.69) is 4.99 Å². The van der Waals surface area contributed by atoms with Crippen LogP contribution in [0.3, 0.4) is 0 Å². The van der Waals surface area contributed by atoms with Crippen LogP contribution in [0, 0.1) is 5.82 Å². The van der Waals surface area contributed by atoms with Gasteiger partial charge in [-0.2, -0.15) is 0 Å². The first-order valence-electron chi connectivity index (χ1n) is 8.77. The summed E-state index contributed by atoms with van der Waals surface area (Å²) < 4.78 is 13.5. The second kappa shape index (κ2) is 7.22. The molecule has 2 aromatic carbocycles. The summed E-state index contributed by atoms with van der Waals surface area (Å²) in [6.07, 6.45) is 2.00. The number of halogens is 2. The second-order valence-electron chi connectivity index (χ2n) is 6.70. The molecule has 1 fully saturated rings. The van der Waals surface area contributed by atoms with Crippen LogP contribution in [0.2, 0.25) is 5.02 Å². The summed E-state index contributed by atoms with van der Waals surface area (Å²) >= 11 is 8.09. The van der Waals surface area contributed by atoms with Gasteiger partial charge >= 0.3 is 0 Å². The van der Waals surface area contributed by atoms with Gasteiger partial charge in [-0.05, 0) is 42.2 Å². The van der Waals surface area contributed by atoms with Gasteiger partial charge in [0, 0.05) is 23.9 Å². The molecule has 2 unspecified atom stereocenters. The zero-order valence-electron chi connectivity index (χ0n) is 14.2. The van der Waals surface area contributed by atoms with Crippen molar-refractivity contribution in [3.8, 4) is 0 Å². The van der Waals surface area contributed by atoms with Gasteiger partial charge in [-0.3, -0.25) is 4.99 Å². The molecule has 0 amide bonds. The molecule has 2 aliphatic heterocycles. The van der Waals surface area contributed by atoms with E-state index in [-0.39, 0.29) is 5.82 Å². The molecule has 0 radical (unpaired) electrons. The summed E-state index contributed by atoms with van der Waals surface area (Å²) in [5.41, 5.74) is 0.527. The molecule has 2 atom stereocenters. The minimum absolute atomic E-state index is 0.295. The molecule has 4 rings (SSSR count). The van der Waals surface area contributed by atoms with Gasteiger partial charge in [0.25, 0.3) is 0 Å². The third-order valence-corrected chi connectivity index (χ3v) is 6.55. The molecular weight excluding hydrogens is 371 g/mol.